The molecule has 1 heterocycles. The first-order valence-electron chi connectivity index (χ1n) is 7.25. The molecular formula is C15H26N2S. The number of aromatic nitrogens is 1. The third-order valence-electron chi connectivity index (χ3n) is 4.07. The van der Waals surface area contributed by atoms with Crippen LogP contribution in [0, 0.1) is 24.7 Å². The Balaban J connectivity index is 2.14. The van der Waals surface area contributed by atoms with Crippen LogP contribution in [0.25, 0.3) is 0 Å². The molecule has 18 heavy (non-hydrogen) atoms. The second-order valence-electron chi connectivity index (χ2n) is 6.00. The lowest BCUT2D eigenvalue weighted by atomic mass is 9.73. The Morgan fingerprint density at radius 2 is 2.00 bits per heavy atom. The van der Waals surface area contributed by atoms with Gasteiger partial charge in [0.15, 0.2) is 0 Å². The molecule has 3 atom stereocenters. The summed E-state index contributed by atoms with van der Waals surface area (Å²) in [4.78, 5) is 4.71. The minimum Gasteiger partial charge on any atom is -0.309 e. The van der Waals surface area contributed by atoms with Crippen molar-refractivity contribution < 1.29 is 0 Å². The molecule has 1 fully saturated rings. The van der Waals surface area contributed by atoms with Crippen LogP contribution < -0.4 is 5.32 Å². The second-order valence-corrected chi connectivity index (χ2v) is 7.07. The Kier molecular flexibility index (Phi) is 4.79. The fourth-order valence-corrected chi connectivity index (χ4v) is 4.19. The molecule has 0 aliphatic heterocycles. The highest BCUT2D eigenvalue weighted by molar-refractivity contribution is 7.09. The van der Waals surface area contributed by atoms with E-state index in [0.717, 1.165) is 24.3 Å². The molecule has 3 unspecified atom stereocenters. The van der Waals surface area contributed by atoms with Gasteiger partial charge in [-0.05, 0) is 50.5 Å². The number of aryl methyl sites for hydroxylation is 1. The average Bonchev–Trinajstić information content (AvgIpc) is 2.71. The van der Waals surface area contributed by atoms with Gasteiger partial charge in [0.2, 0.25) is 0 Å². The number of rotatable bonds is 4. The molecule has 102 valence electrons. The summed E-state index contributed by atoms with van der Waals surface area (Å²) in [6.45, 7) is 10.1. The van der Waals surface area contributed by atoms with Crippen molar-refractivity contribution in [3.8, 4) is 0 Å². The molecule has 1 aromatic heterocycles. The van der Waals surface area contributed by atoms with E-state index in [1.54, 1.807) is 11.3 Å². The van der Waals surface area contributed by atoms with Crippen LogP contribution >= 0.6 is 11.3 Å². The third kappa shape index (κ3) is 3.33. The molecule has 0 radical (unpaired) electrons. The summed E-state index contributed by atoms with van der Waals surface area (Å²) in [6.07, 6.45) is 4.09. The standard InChI is InChI=1S/C15H26N2S/c1-5-16-15(14-9-18-12(4)17-14)13-7-10(2)6-11(3)8-13/h9-11,13,15-16H,5-8H2,1-4H3. The monoisotopic (exact) mass is 266 g/mol. The molecule has 0 bridgehead atoms. The predicted octanol–water partition coefficient (Wildman–Crippen LogP) is 4.17. The van der Waals surface area contributed by atoms with Crippen LogP contribution in [-0.2, 0) is 0 Å². The Morgan fingerprint density at radius 3 is 2.50 bits per heavy atom. The topological polar surface area (TPSA) is 24.9 Å². The number of hydrogen-bond acceptors (Lipinski definition) is 3. The maximum Gasteiger partial charge on any atom is 0.0898 e. The molecular weight excluding hydrogens is 240 g/mol. The van der Waals surface area contributed by atoms with E-state index < -0.39 is 0 Å². The first kappa shape index (κ1) is 14.0. The van der Waals surface area contributed by atoms with Gasteiger partial charge in [0.1, 0.15) is 0 Å². The van der Waals surface area contributed by atoms with E-state index in [1.807, 2.05) is 0 Å². The van der Waals surface area contributed by atoms with Crippen molar-refractivity contribution in [2.24, 2.45) is 17.8 Å². The number of hydrogen-bond donors (Lipinski definition) is 1. The van der Waals surface area contributed by atoms with E-state index >= 15 is 0 Å². The predicted molar refractivity (Wildman–Crippen MR) is 78.9 cm³/mol. The van der Waals surface area contributed by atoms with Crippen LogP contribution in [0.3, 0.4) is 0 Å². The van der Waals surface area contributed by atoms with Gasteiger partial charge < -0.3 is 5.32 Å². The van der Waals surface area contributed by atoms with Crippen molar-refractivity contribution in [3.63, 3.8) is 0 Å². The fourth-order valence-electron chi connectivity index (χ4n) is 3.54. The van der Waals surface area contributed by atoms with E-state index in [9.17, 15) is 0 Å². The largest absolute Gasteiger partial charge is 0.309 e. The van der Waals surface area contributed by atoms with Gasteiger partial charge >= 0.3 is 0 Å². The van der Waals surface area contributed by atoms with Crippen molar-refractivity contribution in [2.75, 3.05) is 6.54 Å². The summed E-state index contributed by atoms with van der Waals surface area (Å²) in [5, 5.41) is 7.09. The number of thiazole rings is 1. The average molecular weight is 266 g/mol. The molecule has 0 spiro atoms. The first-order chi connectivity index (χ1) is 8.60. The Morgan fingerprint density at radius 1 is 1.33 bits per heavy atom. The molecule has 0 aromatic carbocycles. The highest BCUT2D eigenvalue weighted by Gasteiger charge is 2.31. The molecule has 1 saturated carbocycles. The number of nitrogens with zero attached hydrogens (tertiary/aromatic N) is 1. The van der Waals surface area contributed by atoms with E-state index in [1.165, 1.54) is 30.0 Å². The summed E-state index contributed by atoms with van der Waals surface area (Å²) in [7, 11) is 0. The van der Waals surface area contributed by atoms with Gasteiger partial charge in [-0.15, -0.1) is 11.3 Å². The zero-order chi connectivity index (χ0) is 13.1. The highest BCUT2D eigenvalue weighted by Crippen LogP contribution is 2.39. The molecule has 2 rings (SSSR count). The zero-order valence-electron chi connectivity index (χ0n) is 12.1. The van der Waals surface area contributed by atoms with Crippen molar-refractivity contribution in [1.29, 1.82) is 0 Å². The van der Waals surface area contributed by atoms with Crippen molar-refractivity contribution in [1.82, 2.24) is 10.3 Å². The Labute approximate surface area is 115 Å². The second kappa shape index (κ2) is 6.16. The Bertz CT molecular complexity index is 364. The summed E-state index contributed by atoms with van der Waals surface area (Å²) in [6, 6.07) is 0.463. The van der Waals surface area contributed by atoms with Crippen LogP contribution in [0.5, 0.6) is 0 Å². The van der Waals surface area contributed by atoms with Crippen LogP contribution in [0.4, 0.5) is 0 Å². The van der Waals surface area contributed by atoms with E-state index in [0.29, 0.717) is 6.04 Å². The minimum absolute atomic E-state index is 0.463. The van der Waals surface area contributed by atoms with E-state index in [4.69, 9.17) is 4.98 Å². The van der Waals surface area contributed by atoms with Crippen LogP contribution in [0.1, 0.15) is 56.8 Å². The van der Waals surface area contributed by atoms with Crippen LogP contribution in [0.15, 0.2) is 5.38 Å². The van der Waals surface area contributed by atoms with Gasteiger partial charge in [-0.3, -0.25) is 0 Å². The van der Waals surface area contributed by atoms with E-state index in [-0.39, 0.29) is 0 Å². The summed E-state index contributed by atoms with van der Waals surface area (Å²) >= 11 is 1.77. The maximum atomic E-state index is 4.71. The summed E-state index contributed by atoms with van der Waals surface area (Å²) < 4.78 is 0. The molecule has 1 aromatic rings. The third-order valence-corrected chi connectivity index (χ3v) is 4.86. The minimum atomic E-state index is 0.463. The highest BCUT2D eigenvalue weighted by atomic mass is 32.1. The zero-order valence-corrected chi connectivity index (χ0v) is 12.9. The molecule has 2 nitrogen and oxygen atoms in total. The lowest BCUT2D eigenvalue weighted by Crippen LogP contribution is -2.33. The van der Waals surface area contributed by atoms with Crippen molar-refractivity contribution in [2.45, 2.75) is 53.0 Å². The van der Waals surface area contributed by atoms with Crippen LogP contribution in [-0.4, -0.2) is 11.5 Å². The lowest BCUT2D eigenvalue weighted by molar-refractivity contribution is 0.176. The molecule has 3 heteroatoms. The smallest absolute Gasteiger partial charge is 0.0898 e. The first-order valence-corrected chi connectivity index (χ1v) is 8.13. The van der Waals surface area contributed by atoms with Crippen molar-refractivity contribution >= 4 is 11.3 Å². The van der Waals surface area contributed by atoms with Gasteiger partial charge in [0.25, 0.3) is 0 Å². The van der Waals surface area contributed by atoms with Gasteiger partial charge in [-0.25, -0.2) is 4.98 Å². The normalized spacial score (nSPS) is 30.3. The van der Waals surface area contributed by atoms with Crippen LogP contribution in [0.2, 0.25) is 0 Å². The number of nitrogens with one attached hydrogen (secondary N) is 1. The fraction of sp³-hybridized carbons (Fsp3) is 0.800. The molecule has 1 N–H and O–H groups in total. The van der Waals surface area contributed by atoms with Gasteiger partial charge in [-0.1, -0.05) is 20.8 Å². The molecule has 1 aliphatic carbocycles. The van der Waals surface area contributed by atoms with Gasteiger partial charge in [-0.2, -0.15) is 0 Å². The SMILES string of the molecule is CCNC(c1csc(C)n1)C1CC(C)CC(C)C1. The molecule has 0 amide bonds. The summed E-state index contributed by atoms with van der Waals surface area (Å²) in [5.74, 6) is 2.48. The van der Waals surface area contributed by atoms with Gasteiger partial charge in [0.05, 0.1) is 16.7 Å². The summed E-state index contributed by atoms with van der Waals surface area (Å²) in [5.41, 5.74) is 1.27. The lowest BCUT2D eigenvalue weighted by Gasteiger charge is -2.36. The van der Waals surface area contributed by atoms with Gasteiger partial charge in [0, 0.05) is 5.38 Å². The maximum absolute atomic E-state index is 4.71. The quantitative estimate of drug-likeness (QED) is 0.884. The molecule has 1 aliphatic rings. The van der Waals surface area contributed by atoms with E-state index in [2.05, 4.69) is 38.4 Å². The molecule has 0 saturated heterocycles. The Hall–Kier alpha value is -0.410. The van der Waals surface area contributed by atoms with Crippen molar-refractivity contribution in [3.05, 3.63) is 16.1 Å².